The number of ether oxygens (including phenoxy) is 2. The number of aliphatic hydroxyl groups excluding tert-OH is 1. The first-order valence-corrected chi connectivity index (χ1v) is 21.9. The molecule has 12 nitrogen and oxygen atoms in total. The molecule has 1 aliphatic rings. The van der Waals surface area contributed by atoms with Gasteiger partial charge in [-0.25, -0.2) is 4.79 Å². The monoisotopic (exact) mass is 865 g/mol. The molecule has 1 saturated heterocycles. The lowest BCUT2D eigenvalue weighted by Gasteiger charge is -2.33. The third kappa shape index (κ3) is 11.7. The molecule has 0 bridgehead atoms. The van der Waals surface area contributed by atoms with E-state index in [1.165, 1.54) is 17.7 Å². The van der Waals surface area contributed by atoms with Gasteiger partial charge in [-0.05, 0) is 116 Å². The molecule has 6 aromatic rings. The highest BCUT2D eigenvalue weighted by Gasteiger charge is 2.42. The van der Waals surface area contributed by atoms with E-state index in [9.17, 15) is 34.5 Å². The van der Waals surface area contributed by atoms with Crippen LogP contribution in [0.4, 0.5) is 0 Å². The number of ketones is 1. The van der Waals surface area contributed by atoms with Gasteiger partial charge in [-0.15, -0.1) is 0 Å². The van der Waals surface area contributed by atoms with Crippen molar-refractivity contribution < 1.29 is 39.2 Å². The first-order chi connectivity index (χ1) is 31.1. The van der Waals surface area contributed by atoms with E-state index in [0.717, 1.165) is 38.0 Å². The van der Waals surface area contributed by atoms with Crippen LogP contribution in [0.5, 0.6) is 11.5 Å². The maximum Gasteiger partial charge on any atom is 0.347 e. The van der Waals surface area contributed by atoms with Gasteiger partial charge >= 0.3 is 5.97 Å². The minimum Gasteiger partial charge on any atom is -0.506 e. The number of fused-ring (bicyclic) bond motifs is 1. The molecule has 0 aliphatic carbocycles. The highest BCUT2D eigenvalue weighted by molar-refractivity contribution is 5.94. The number of esters is 1. The molecule has 0 radical (unpaired) electrons. The highest BCUT2D eigenvalue weighted by atomic mass is 16.5. The molecule has 332 valence electrons. The Morgan fingerprint density at radius 3 is 2.28 bits per heavy atom. The van der Waals surface area contributed by atoms with Gasteiger partial charge < -0.3 is 35.1 Å². The van der Waals surface area contributed by atoms with Gasteiger partial charge in [0, 0.05) is 42.1 Å². The molecule has 0 spiro atoms. The minimum absolute atomic E-state index is 0.0560. The molecule has 1 fully saturated rings. The van der Waals surface area contributed by atoms with Gasteiger partial charge in [0.2, 0.25) is 11.2 Å². The van der Waals surface area contributed by atoms with Crippen molar-refractivity contribution in [2.75, 3.05) is 32.8 Å². The molecule has 5 N–H and O–H groups in total. The van der Waals surface area contributed by atoms with E-state index in [-0.39, 0.29) is 54.1 Å². The standard InChI is InChI=1S/C52H55N3O9/c56-42(16-9-29-53-50(60)39-21-19-36(20-22-39)12-7-18-46(57)44-23-25-47(58)49-45(44)24-26-48(59)54-49)35-63-43-17-8-15-41(32-43)52(62,40-13-5-2-6-14-40)51(61)64-34-38-27-30-55(31-28-38)33-37-10-3-1-4-11-37/h1-6,8,10-11,13-15,17,19-26,32,38,46,57-58,62H,7,9,12,16,18,27-31,33-35H2,(H,53,60)(H,54,59)/t46-,52-/m0/s1. The number of aromatic amines is 1. The van der Waals surface area contributed by atoms with Crippen molar-refractivity contribution in [2.24, 2.45) is 5.92 Å². The largest absolute Gasteiger partial charge is 0.506 e. The molecule has 64 heavy (non-hydrogen) atoms. The Kier molecular flexibility index (Phi) is 15.4. The average molecular weight is 866 g/mol. The van der Waals surface area contributed by atoms with E-state index < -0.39 is 17.7 Å². The van der Waals surface area contributed by atoms with Gasteiger partial charge in [0.15, 0.2) is 5.78 Å². The Hall–Kier alpha value is -6.60. The number of amides is 1. The fourth-order valence-corrected chi connectivity index (χ4v) is 8.20. The number of hydrogen-bond acceptors (Lipinski definition) is 10. The van der Waals surface area contributed by atoms with Crippen LogP contribution in [-0.4, -0.2) is 75.7 Å². The Labute approximate surface area is 372 Å². The first-order valence-electron chi connectivity index (χ1n) is 21.9. The Balaban J connectivity index is 0.833. The van der Waals surface area contributed by atoms with Crippen molar-refractivity contribution in [1.82, 2.24) is 15.2 Å². The summed E-state index contributed by atoms with van der Waals surface area (Å²) >= 11 is 0. The number of likely N-dealkylation sites (tertiary alicyclic amines) is 1. The zero-order chi connectivity index (χ0) is 44.9. The predicted molar refractivity (Wildman–Crippen MR) is 244 cm³/mol. The zero-order valence-corrected chi connectivity index (χ0v) is 35.8. The number of aromatic hydroxyl groups is 1. The number of rotatable bonds is 20. The molecular formula is C52H55N3O9. The summed E-state index contributed by atoms with van der Waals surface area (Å²) in [5.74, 6) is -0.759. The number of carbonyl (C=O) groups is 3. The Morgan fingerprint density at radius 2 is 1.53 bits per heavy atom. The van der Waals surface area contributed by atoms with E-state index in [4.69, 9.17) is 9.47 Å². The molecule has 0 unspecified atom stereocenters. The van der Waals surface area contributed by atoms with Crippen LogP contribution in [0.25, 0.3) is 10.9 Å². The van der Waals surface area contributed by atoms with E-state index in [1.807, 2.05) is 30.3 Å². The number of aliphatic hydroxyl groups is 2. The second-order valence-electron chi connectivity index (χ2n) is 16.5. The molecule has 2 atom stereocenters. The number of aryl methyl sites for hydroxylation is 1. The molecule has 2 heterocycles. The normalized spacial score (nSPS) is 14.7. The van der Waals surface area contributed by atoms with Crippen LogP contribution in [0.15, 0.2) is 138 Å². The third-order valence-corrected chi connectivity index (χ3v) is 11.9. The number of hydrogen-bond donors (Lipinski definition) is 5. The van der Waals surface area contributed by atoms with Gasteiger partial charge in [-0.2, -0.15) is 0 Å². The number of phenols is 1. The molecule has 1 aromatic heterocycles. The number of H-pyrrole nitrogens is 1. The fourth-order valence-electron chi connectivity index (χ4n) is 8.20. The summed E-state index contributed by atoms with van der Waals surface area (Å²) in [6.07, 6.45) is 3.37. The summed E-state index contributed by atoms with van der Waals surface area (Å²) in [5, 5.41) is 36.6. The van der Waals surface area contributed by atoms with Crippen LogP contribution in [0.1, 0.15) is 82.8 Å². The molecule has 12 heteroatoms. The highest BCUT2D eigenvalue weighted by Crippen LogP contribution is 2.34. The number of phenolic OH excluding ortho intramolecular Hbond substituents is 1. The lowest BCUT2D eigenvalue weighted by molar-refractivity contribution is -0.164. The van der Waals surface area contributed by atoms with Crippen LogP contribution >= 0.6 is 0 Å². The maximum absolute atomic E-state index is 13.8. The van der Waals surface area contributed by atoms with Crippen molar-refractivity contribution in [3.8, 4) is 11.5 Å². The van der Waals surface area contributed by atoms with E-state index in [2.05, 4.69) is 27.3 Å². The fraction of sp³-hybridized carbons (Fsp3) is 0.308. The zero-order valence-electron chi connectivity index (χ0n) is 35.8. The van der Waals surface area contributed by atoms with Crippen molar-refractivity contribution in [1.29, 1.82) is 0 Å². The number of nitrogens with one attached hydrogen (secondary N) is 2. The van der Waals surface area contributed by atoms with E-state index >= 15 is 0 Å². The van der Waals surface area contributed by atoms with Crippen LogP contribution in [0, 0.1) is 5.92 Å². The van der Waals surface area contributed by atoms with Crippen LogP contribution in [0.2, 0.25) is 0 Å². The number of carbonyl (C=O) groups excluding carboxylic acids is 3. The number of benzene rings is 5. The third-order valence-electron chi connectivity index (χ3n) is 11.9. The van der Waals surface area contributed by atoms with Gasteiger partial charge in [0.1, 0.15) is 18.1 Å². The summed E-state index contributed by atoms with van der Waals surface area (Å²) < 4.78 is 11.7. The van der Waals surface area contributed by atoms with E-state index in [1.54, 1.807) is 78.9 Å². The molecule has 0 saturated carbocycles. The lowest BCUT2D eigenvalue weighted by atomic mass is 9.86. The average Bonchev–Trinajstić information content (AvgIpc) is 3.32. The van der Waals surface area contributed by atoms with Crippen LogP contribution in [-0.2, 0) is 32.9 Å². The first kappa shape index (κ1) is 45.4. The maximum atomic E-state index is 13.8. The lowest BCUT2D eigenvalue weighted by Crippen LogP contribution is -2.40. The van der Waals surface area contributed by atoms with Gasteiger partial charge in [0.25, 0.3) is 5.91 Å². The second kappa shape index (κ2) is 21.7. The summed E-state index contributed by atoms with van der Waals surface area (Å²) in [5.41, 5.74) is 1.87. The van der Waals surface area contributed by atoms with Crippen LogP contribution in [0.3, 0.4) is 0 Å². The van der Waals surface area contributed by atoms with E-state index in [0.29, 0.717) is 65.6 Å². The summed E-state index contributed by atoms with van der Waals surface area (Å²) in [7, 11) is 0. The number of pyridine rings is 1. The van der Waals surface area contributed by atoms with Crippen molar-refractivity contribution in [3.63, 3.8) is 0 Å². The van der Waals surface area contributed by atoms with Gasteiger partial charge in [-0.3, -0.25) is 19.3 Å². The molecule has 5 aromatic carbocycles. The Bertz CT molecular complexity index is 2560. The smallest absolute Gasteiger partial charge is 0.347 e. The SMILES string of the molecule is O=C(CCCNC(=O)c1ccc(CCC[C@H](O)c2ccc(O)c3[nH]c(=O)ccc23)cc1)COc1cccc([C@](O)(C(=O)OCC2CCN(Cc3ccccc3)CC2)c2ccccc2)c1. The predicted octanol–water partition coefficient (Wildman–Crippen LogP) is 7.14. The topological polar surface area (TPSA) is 178 Å². The number of Topliss-reactive ketones (excluding diaryl/α,β-unsaturated/α-hetero) is 1. The van der Waals surface area contributed by atoms with Gasteiger partial charge in [0.05, 0.1) is 18.2 Å². The summed E-state index contributed by atoms with van der Waals surface area (Å²) in [6.45, 7) is 2.95. The second-order valence-corrected chi connectivity index (χ2v) is 16.5. The summed E-state index contributed by atoms with van der Waals surface area (Å²) in [6, 6.07) is 38.9. The molecular weight excluding hydrogens is 811 g/mol. The van der Waals surface area contributed by atoms with Crippen molar-refractivity contribution in [3.05, 3.63) is 177 Å². The molecule has 1 aliphatic heterocycles. The molecule has 1 amide bonds. The minimum atomic E-state index is -2.10. The van der Waals surface area contributed by atoms with Crippen LogP contribution < -0.4 is 15.6 Å². The number of piperidine rings is 1. The van der Waals surface area contributed by atoms with Crippen molar-refractivity contribution in [2.45, 2.75) is 63.2 Å². The van der Waals surface area contributed by atoms with Gasteiger partial charge in [-0.1, -0.05) is 91.0 Å². The Morgan fingerprint density at radius 1 is 0.812 bits per heavy atom. The van der Waals surface area contributed by atoms with Crippen molar-refractivity contribution >= 4 is 28.6 Å². The number of aromatic nitrogens is 1. The quantitative estimate of drug-likeness (QED) is 0.0392. The summed E-state index contributed by atoms with van der Waals surface area (Å²) in [4.78, 5) is 56.2. The number of nitrogens with zero attached hydrogens (tertiary/aromatic N) is 1. The molecule has 7 rings (SSSR count).